The minimum Gasteiger partial charge on any atom is -0.329 e. The molecule has 2 N–H and O–H groups in total. The number of nitrogens with zero attached hydrogens (tertiary/aromatic N) is 1. The zero-order valence-corrected chi connectivity index (χ0v) is 14.2. The number of hydrogen-bond acceptors (Lipinski definition) is 2. The summed E-state index contributed by atoms with van der Waals surface area (Å²) in [5, 5.41) is 0. The molecule has 0 aromatic rings. The Kier molecular flexibility index (Phi) is 5.53. The summed E-state index contributed by atoms with van der Waals surface area (Å²) >= 11 is 0. The van der Waals surface area contributed by atoms with E-state index in [2.05, 4.69) is 32.6 Å². The molecule has 0 amide bonds. The zero-order chi connectivity index (χ0) is 14.8. The molecule has 1 aliphatic heterocycles. The molecule has 118 valence electrons. The van der Waals surface area contributed by atoms with E-state index in [1.807, 2.05) is 0 Å². The van der Waals surface area contributed by atoms with E-state index in [1.54, 1.807) is 0 Å². The van der Waals surface area contributed by atoms with Crippen LogP contribution in [0.3, 0.4) is 0 Å². The van der Waals surface area contributed by atoms with Gasteiger partial charge in [-0.25, -0.2) is 0 Å². The van der Waals surface area contributed by atoms with Crippen molar-refractivity contribution < 1.29 is 0 Å². The Balaban J connectivity index is 2.10. The number of piperidine rings is 1. The minimum absolute atomic E-state index is 0.311. The second-order valence-corrected chi connectivity index (χ2v) is 8.20. The van der Waals surface area contributed by atoms with Crippen LogP contribution in [0.4, 0.5) is 0 Å². The lowest BCUT2D eigenvalue weighted by Crippen LogP contribution is -2.61. The van der Waals surface area contributed by atoms with Gasteiger partial charge in [0.15, 0.2) is 0 Å². The molecule has 2 aliphatic rings. The molecule has 4 atom stereocenters. The summed E-state index contributed by atoms with van der Waals surface area (Å²) in [6.45, 7) is 11.7. The quantitative estimate of drug-likeness (QED) is 0.842. The Morgan fingerprint density at radius 2 is 1.95 bits per heavy atom. The molecule has 1 saturated heterocycles. The van der Waals surface area contributed by atoms with Crippen LogP contribution < -0.4 is 5.73 Å². The Bertz CT molecular complexity index is 302. The second-order valence-electron chi connectivity index (χ2n) is 8.20. The SMILES string of the molecule is CC(C)CC1CCCC(CN)(N2CC(C)CCC2C)C1. The van der Waals surface area contributed by atoms with Crippen molar-refractivity contribution in [3.8, 4) is 0 Å². The largest absolute Gasteiger partial charge is 0.329 e. The first-order valence-electron chi connectivity index (χ1n) is 8.93. The molecule has 0 spiro atoms. The molecule has 0 radical (unpaired) electrons. The third kappa shape index (κ3) is 3.57. The smallest absolute Gasteiger partial charge is 0.0337 e. The molecular formula is C18H36N2. The van der Waals surface area contributed by atoms with E-state index in [4.69, 9.17) is 5.73 Å². The van der Waals surface area contributed by atoms with Crippen LogP contribution in [0.1, 0.15) is 72.6 Å². The summed E-state index contributed by atoms with van der Waals surface area (Å²) in [5.74, 6) is 2.57. The molecular weight excluding hydrogens is 244 g/mol. The number of nitrogens with two attached hydrogens (primary N) is 1. The van der Waals surface area contributed by atoms with E-state index in [-0.39, 0.29) is 0 Å². The van der Waals surface area contributed by atoms with Gasteiger partial charge in [0, 0.05) is 24.7 Å². The van der Waals surface area contributed by atoms with Crippen LogP contribution in [0.15, 0.2) is 0 Å². The first-order valence-corrected chi connectivity index (χ1v) is 8.93. The van der Waals surface area contributed by atoms with Crippen LogP contribution >= 0.6 is 0 Å². The molecule has 1 heterocycles. The fourth-order valence-corrected chi connectivity index (χ4v) is 4.84. The first kappa shape index (κ1) is 16.3. The highest BCUT2D eigenvalue weighted by Crippen LogP contribution is 2.42. The predicted octanol–water partition coefficient (Wildman–Crippen LogP) is 4.04. The van der Waals surface area contributed by atoms with Gasteiger partial charge in [-0.15, -0.1) is 0 Å². The van der Waals surface area contributed by atoms with Crippen molar-refractivity contribution in [1.29, 1.82) is 0 Å². The molecule has 2 nitrogen and oxygen atoms in total. The van der Waals surface area contributed by atoms with Crippen LogP contribution in [-0.4, -0.2) is 29.6 Å². The Labute approximate surface area is 126 Å². The van der Waals surface area contributed by atoms with E-state index < -0.39 is 0 Å². The first-order chi connectivity index (χ1) is 9.47. The minimum atomic E-state index is 0.311. The lowest BCUT2D eigenvalue weighted by atomic mass is 9.70. The molecule has 2 heteroatoms. The van der Waals surface area contributed by atoms with E-state index in [0.717, 1.165) is 30.3 Å². The summed E-state index contributed by atoms with van der Waals surface area (Å²) in [7, 11) is 0. The summed E-state index contributed by atoms with van der Waals surface area (Å²) in [5.41, 5.74) is 6.64. The van der Waals surface area contributed by atoms with Crippen molar-refractivity contribution in [2.24, 2.45) is 23.5 Å². The molecule has 0 aromatic carbocycles. The van der Waals surface area contributed by atoms with Gasteiger partial charge in [0.1, 0.15) is 0 Å². The molecule has 1 saturated carbocycles. The maximum absolute atomic E-state index is 6.33. The Morgan fingerprint density at radius 3 is 2.60 bits per heavy atom. The van der Waals surface area contributed by atoms with Gasteiger partial charge in [-0.2, -0.15) is 0 Å². The molecule has 0 bridgehead atoms. The second kappa shape index (κ2) is 6.79. The maximum atomic E-state index is 6.33. The van der Waals surface area contributed by atoms with Crippen molar-refractivity contribution >= 4 is 0 Å². The Hall–Kier alpha value is -0.0800. The zero-order valence-electron chi connectivity index (χ0n) is 14.2. The fourth-order valence-electron chi connectivity index (χ4n) is 4.84. The van der Waals surface area contributed by atoms with Crippen molar-refractivity contribution in [3.63, 3.8) is 0 Å². The third-order valence-electron chi connectivity index (χ3n) is 5.83. The van der Waals surface area contributed by atoms with Crippen LogP contribution in [0.2, 0.25) is 0 Å². The lowest BCUT2D eigenvalue weighted by Gasteiger charge is -2.53. The molecule has 20 heavy (non-hydrogen) atoms. The standard InChI is InChI=1S/C18H36N2/c1-14(2)10-17-6-5-9-18(11-17,13-19)20-12-15(3)7-8-16(20)4/h14-17H,5-13,19H2,1-4H3. The highest BCUT2D eigenvalue weighted by Gasteiger charge is 2.43. The average molecular weight is 280 g/mol. The van der Waals surface area contributed by atoms with Crippen molar-refractivity contribution in [3.05, 3.63) is 0 Å². The van der Waals surface area contributed by atoms with Gasteiger partial charge in [-0.05, 0) is 56.8 Å². The van der Waals surface area contributed by atoms with Crippen LogP contribution in [-0.2, 0) is 0 Å². The molecule has 1 aliphatic carbocycles. The van der Waals surface area contributed by atoms with E-state index in [9.17, 15) is 0 Å². The predicted molar refractivity (Wildman–Crippen MR) is 87.8 cm³/mol. The van der Waals surface area contributed by atoms with Crippen LogP contribution in [0.5, 0.6) is 0 Å². The monoisotopic (exact) mass is 280 g/mol. The van der Waals surface area contributed by atoms with Crippen LogP contribution in [0, 0.1) is 17.8 Å². The summed E-state index contributed by atoms with van der Waals surface area (Å²) in [6, 6.07) is 0.729. The Morgan fingerprint density at radius 1 is 1.20 bits per heavy atom. The van der Waals surface area contributed by atoms with Gasteiger partial charge in [-0.3, -0.25) is 4.90 Å². The average Bonchev–Trinajstić information content (AvgIpc) is 2.41. The lowest BCUT2D eigenvalue weighted by molar-refractivity contribution is -0.0275. The van der Waals surface area contributed by atoms with E-state index >= 15 is 0 Å². The van der Waals surface area contributed by atoms with Crippen molar-refractivity contribution in [2.45, 2.75) is 84.2 Å². The topological polar surface area (TPSA) is 29.3 Å². The summed E-state index contributed by atoms with van der Waals surface area (Å²) in [4.78, 5) is 2.81. The summed E-state index contributed by atoms with van der Waals surface area (Å²) in [6.07, 6.45) is 9.63. The van der Waals surface area contributed by atoms with Gasteiger partial charge in [-0.1, -0.05) is 33.6 Å². The molecule has 4 unspecified atom stereocenters. The maximum Gasteiger partial charge on any atom is 0.0337 e. The highest BCUT2D eigenvalue weighted by molar-refractivity contribution is 5.00. The molecule has 0 aromatic heterocycles. The molecule has 2 fully saturated rings. The van der Waals surface area contributed by atoms with E-state index in [0.29, 0.717) is 5.54 Å². The highest BCUT2D eigenvalue weighted by atomic mass is 15.2. The number of likely N-dealkylation sites (tertiary alicyclic amines) is 1. The van der Waals surface area contributed by atoms with Gasteiger partial charge < -0.3 is 5.73 Å². The number of hydrogen-bond donors (Lipinski definition) is 1. The third-order valence-corrected chi connectivity index (χ3v) is 5.83. The number of rotatable bonds is 4. The summed E-state index contributed by atoms with van der Waals surface area (Å²) < 4.78 is 0. The van der Waals surface area contributed by atoms with Gasteiger partial charge in [0.05, 0.1) is 0 Å². The van der Waals surface area contributed by atoms with Gasteiger partial charge in [0.25, 0.3) is 0 Å². The van der Waals surface area contributed by atoms with Gasteiger partial charge in [0.2, 0.25) is 0 Å². The van der Waals surface area contributed by atoms with Crippen LogP contribution in [0.25, 0.3) is 0 Å². The normalized spacial score (nSPS) is 40.2. The van der Waals surface area contributed by atoms with E-state index in [1.165, 1.54) is 51.5 Å². The van der Waals surface area contributed by atoms with Crippen molar-refractivity contribution in [2.75, 3.05) is 13.1 Å². The van der Waals surface area contributed by atoms with Gasteiger partial charge >= 0.3 is 0 Å². The molecule has 2 rings (SSSR count). The fraction of sp³-hybridized carbons (Fsp3) is 1.00. The van der Waals surface area contributed by atoms with Crippen molar-refractivity contribution in [1.82, 2.24) is 4.90 Å².